The van der Waals surface area contributed by atoms with Crippen molar-refractivity contribution >= 4 is 28.3 Å². The predicted octanol–water partition coefficient (Wildman–Crippen LogP) is 3.26. The van der Waals surface area contributed by atoms with Crippen LogP contribution in [0.25, 0.3) is 0 Å². The number of amides is 2. The average molecular weight is 476 g/mol. The van der Waals surface area contributed by atoms with E-state index in [1.165, 1.54) is 11.3 Å². The van der Waals surface area contributed by atoms with Crippen molar-refractivity contribution < 1.29 is 9.59 Å². The number of aryl methyl sites for hydroxylation is 2. The summed E-state index contributed by atoms with van der Waals surface area (Å²) in [7, 11) is 0. The van der Waals surface area contributed by atoms with Crippen LogP contribution in [0.3, 0.4) is 0 Å². The fourth-order valence-electron chi connectivity index (χ4n) is 3.28. The number of rotatable bonds is 11. The van der Waals surface area contributed by atoms with Crippen LogP contribution in [0.2, 0.25) is 0 Å². The quantitative estimate of drug-likeness (QED) is 0.322. The molecule has 174 valence electrons. The van der Waals surface area contributed by atoms with Crippen molar-refractivity contribution in [1.29, 1.82) is 0 Å². The number of carbonyl (C=O) groups is 2. The average Bonchev–Trinajstić information content (AvgIpc) is 3.51. The van der Waals surface area contributed by atoms with Crippen LogP contribution in [0.5, 0.6) is 0 Å². The lowest BCUT2D eigenvalue weighted by Crippen LogP contribution is -2.23. The van der Waals surface area contributed by atoms with Gasteiger partial charge in [0.15, 0.2) is 5.69 Å². The highest BCUT2D eigenvalue weighted by Gasteiger charge is 2.11. The van der Waals surface area contributed by atoms with Crippen molar-refractivity contribution in [3.05, 3.63) is 88.7 Å². The van der Waals surface area contributed by atoms with Crippen LogP contribution in [-0.4, -0.2) is 37.0 Å². The number of hydrogen-bond acceptors (Lipinski definition) is 7. The van der Waals surface area contributed by atoms with Gasteiger partial charge in [0.2, 0.25) is 11.0 Å². The van der Waals surface area contributed by atoms with Gasteiger partial charge in [-0.15, -0.1) is 15.3 Å². The van der Waals surface area contributed by atoms with E-state index in [-0.39, 0.29) is 11.8 Å². The summed E-state index contributed by atoms with van der Waals surface area (Å²) in [5.74, 6) is -0.352. The Balaban J connectivity index is 1.15. The standard InChI is InChI=1S/C24H25N7O2S/c32-21(15-18-9-3-1-4-10-18)26-24-29-28-22(34-24)13-7-8-14-31-17-20(27-30-31)23(33)25-16-19-11-5-2-6-12-19/h1-6,9-12,17H,7-8,13-16H2,(H,25,33)(H,26,29,32). The second kappa shape index (κ2) is 11.8. The second-order valence-electron chi connectivity index (χ2n) is 7.70. The molecule has 34 heavy (non-hydrogen) atoms. The third-order valence-corrected chi connectivity index (χ3v) is 5.91. The van der Waals surface area contributed by atoms with Crippen LogP contribution >= 0.6 is 11.3 Å². The molecule has 2 N–H and O–H groups in total. The minimum Gasteiger partial charge on any atom is -0.347 e. The summed E-state index contributed by atoms with van der Waals surface area (Å²) < 4.78 is 1.67. The first kappa shape index (κ1) is 23.2. The van der Waals surface area contributed by atoms with Crippen LogP contribution in [0.4, 0.5) is 5.13 Å². The van der Waals surface area contributed by atoms with E-state index in [9.17, 15) is 9.59 Å². The zero-order valence-electron chi connectivity index (χ0n) is 18.6. The molecule has 0 spiro atoms. The fourth-order valence-corrected chi connectivity index (χ4v) is 4.08. The van der Waals surface area contributed by atoms with Gasteiger partial charge in [-0.25, -0.2) is 0 Å². The first-order valence-corrected chi connectivity index (χ1v) is 11.9. The number of aromatic nitrogens is 5. The normalized spacial score (nSPS) is 10.7. The van der Waals surface area contributed by atoms with Crippen LogP contribution in [0.15, 0.2) is 66.9 Å². The van der Waals surface area contributed by atoms with Crippen molar-refractivity contribution in [1.82, 2.24) is 30.5 Å². The van der Waals surface area contributed by atoms with Gasteiger partial charge in [-0.3, -0.25) is 14.3 Å². The van der Waals surface area contributed by atoms with E-state index < -0.39 is 0 Å². The fraction of sp³-hybridized carbons (Fsp3) is 0.250. The molecule has 0 fully saturated rings. The van der Waals surface area contributed by atoms with Crippen molar-refractivity contribution in [2.45, 2.75) is 38.8 Å². The van der Waals surface area contributed by atoms with Gasteiger partial charge in [0.05, 0.1) is 12.6 Å². The molecule has 2 heterocycles. The molecule has 9 nitrogen and oxygen atoms in total. The third kappa shape index (κ3) is 7.04. The molecule has 0 aliphatic carbocycles. The summed E-state index contributed by atoms with van der Waals surface area (Å²) in [6, 6.07) is 19.3. The van der Waals surface area contributed by atoms with Crippen molar-refractivity contribution in [2.24, 2.45) is 0 Å². The van der Waals surface area contributed by atoms with E-state index in [2.05, 4.69) is 31.1 Å². The zero-order valence-corrected chi connectivity index (χ0v) is 19.4. The minimum absolute atomic E-state index is 0.108. The summed E-state index contributed by atoms with van der Waals surface area (Å²) >= 11 is 1.39. The largest absolute Gasteiger partial charge is 0.347 e. The minimum atomic E-state index is -0.245. The summed E-state index contributed by atoms with van der Waals surface area (Å²) in [5.41, 5.74) is 2.28. The Morgan fingerprint density at radius 2 is 1.62 bits per heavy atom. The van der Waals surface area contributed by atoms with Crippen LogP contribution in [-0.2, 0) is 30.7 Å². The summed E-state index contributed by atoms with van der Waals surface area (Å²) in [4.78, 5) is 24.4. The van der Waals surface area contributed by atoms with E-state index >= 15 is 0 Å². The molecule has 4 rings (SSSR count). The van der Waals surface area contributed by atoms with Gasteiger partial charge >= 0.3 is 0 Å². The molecule has 0 unspecified atom stereocenters. The Kier molecular flexibility index (Phi) is 8.07. The van der Waals surface area contributed by atoms with Crippen LogP contribution < -0.4 is 10.6 Å². The van der Waals surface area contributed by atoms with Gasteiger partial charge in [0.25, 0.3) is 5.91 Å². The Morgan fingerprint density at radius 3 is 2.38 bits per heavy atom. The van der Waals surface area contributed by atoms with Gasteiger partial charge < -0.3 is 10.6 Å². The maximum absolute atomic E-state index is 12.3. The van der Waals surface area contributed by atoms with E-state index in [1.54, 1.807) is 10.9 Å². The molecule has 0 aliphatic heterocycles. The van der Waals surface area contributed by atoms with Gasteiger partial charge in [0, 0.05) is 19.5 Å². The lowest BCUT2D eigenvalue weighted by atomic mass is 10.1. The second-order valence-corrected chi connectivity index (χ2v) is 8.77. The molecule has 4 aromatic rings. The van der Waals surface area contributed by atoms with Gasteiger partial charge in [0.1, 0.15) is 5.01 Å². The van der Waals surface area contributed by atoms with Crippen molar-refractivity contribution in [3.63, 3.8) is 0 Å². The molecule has 0 bridgehead atoms. The van der Waals surface area contributed by atoms with Gasteiger partial charge in [-0.05, 0) is 24.0 Å². The van der Waals surface area contributed by atoms with Crippen LogP contribution in [0, 0.1) is 0 Å². The highest BCUT2D eigenvalue weighted by atomic mass is 32.1. The van der Waals surface area contributed by atoms with Crippen LogP contribution in [0.1, 0.15) is 39.5 Å². The highest BCUT2D eigenvalue weighted by Crippen LogP contribution is 2.17. The molecule has 2 aromatic heterocycles. The Morgan fingerprint density at radius 1 is 0.882 bits per heavy atom. The predicted molar refractivity (Wildman–Crippen MR) is 129 cm³/mol. The molecule has 2 amide bonds. The first-order chi connectivity index (χ1) is 16.7. The molecule has 0 saturated heterocycles. The molecule has 0 saturated carbocycles. The topological polar surface area (TPSA) is 115 Å². The van der Waals surface area contributed by atoms with Gasteiger partial charge in [-0.2, -0.15) is 0 Å². The summed E-state index contributed by atoms with van der Waals surface area (Å²) in [6.07, 6.45) is 4.45. The number of anilines is 1. The first-order valence-electron chi connectivity index (χ1n) is 11.0. The molecule has 2 aromatic carbocycles. The molecule has 0 radical (unpaired) electrons. The van der Waals surface area contributed by atoms with E-state index in [0.717, 1.165) is 35.4 Å². The maximum Gasteiger partial charge on any atom is 0.273 e. The highest BCUT2D eigenvalue weighted by molar-refractivity contribution is 7.15. The number of benzene rings is 2. The number of hydrogen-bond donors (Lipinski definition) is 2. The smallest absolute Gasteiger partial charge is 0.273 e. The molecular formula is C24H25N7O2S. The number of nitrogens with one attached hydrogen (secondary N) is 2. The number of nitrogens with zero attached hydrogens (tertiary/aromatic N) is 5. The summed E-state index contributed by atoms with van der Waals surface area (Å²) in [6.45, 7) is 1.10. The Hall–Kier alpha value is -3.92. The monoisotopic (exact) mass is 475 g/mol. The van der Waals surface area contributed by atoms with Gasteiger partial charge in [-0.1, -0.05) is 77.2 Å². The third-order valence-electron chi connectivity index (χ3n) is 5.02. The molecule has 10 heteroatoms. The maximum atomic E-state index is 12.3. The zero-order chi connectivity index (χ0) is 23.6. The van der Waals surface area contributed by atoms with Crippen molar-refractivity contribution in [2.75, 3.05) is 5.32 Å². The van der Waals surface area contributed by atoms with E-state index in [0.29, 0.717) is 30.3 Å². The van der Waals surface area contributed by atoms with E-state index in [1.807, 2.05) is 60.7 Å². The molecular weight excluding hydrogens is 450 g/mol. The summed E-state index contributed by atoms with van der Waals surface area (Å²) in [5, 5.41) is 23.3. The Bertz CT molecular complexity index is 1210. The SMILES string of the molecule is O=C(Cc1ccccc1)Nc1nnc(CCCCn2cc(C(=O)NCc3ccccc3)nn2)s1. The number of carbonyl (C=O) groups excluding carboxylic acids is 2. The van der Waals surface area contributed by atoms with E-state index in [4.69, 9.17) is 0 Å². The molecule has 0 aliphatic rings. The molecule has 0 atom stereocenters. The number of unbranched alkanes of at least 4 members (excludes halogenated alkanes) is 1. The lowest BCUT2D eigenvalue weighted by molar-refractivity contribution is -0.115. The lowest BCUT2D eigenvalue weighted by Gasteiger charge is -2.02. The van der Waals surface area contributed by atoms with Crippen molar-refractivity contribution in [3.8, 4) is 0 Å². The Labute approximate surface area is 201 Å².